The van der Waals surface area contributed by atoms with Gasteiger partial charge in [-0.05, 0) is 96.3 Å². The summed E-state index contributed by atoms with van der Waals surface area (Å²) >= 11 is 0. The Morgan fingerprint density at radius 3 is 0.787 bits per heavy atom. The Balaban J connectivity index is 4.34. The lowest BCUT2D eigenvalue weighted by molar-refractivity contribution is -0.167. The van der Waals surface area contributed by atoms with Crippen LogP contribution in [0.4, 0.5) is 0 Å². The summed E-state index contributed by atoms with van der Waals surface area (Å²) in [6.07, 6.45) is 90.4. The number of hydrogen-bond acceptors (Lipinski definition) is 6. The van der Waals surface area contributed by atoms with Gasteiger partial charge in [0.25, 0.3) is 0 Å². The number of ether oxygens (including phenoxy) is 3. The van der Waals surface area contributed by atoms with Crippen molar-refractivity contribution in [2.75, 3.05) is 13.2 Å². The molecule has 0 radical (unpaired) electrons. The zero-order valence-corrected chi connectivity index (χ0v) is 53.1. The van der Waals surface area contributed by atoms with Crippen LogP contribution in [-0.2, 0) is 28.6 Å². The number of carbonyl (C=O) groups excluding carboxylic acids is 3. The van der Waals surface area contributed by atoms with Gasteiger partial charge in [0.1, 0.15) is 13.2 Å². The maximum atomic E-state index is 13.0. The quantitative estimate of drug-likeness (QED) is 0.0261. The van der Waals surface area contributed by atoms with Crippen molar-refractivity contribution in [3.05, 3.63) is 85.1 Å². The smallest absolute Gasteiger partial charge is 0.306 e. The fourth-order valence-corrected chi connectivity index (χ4v) is 9.97. The molecule has 0 saturated carbocycles. The molecular formula is C74H130O6. The van der Waals surface area contributed by atoms with Gasteiger partial charge in [-0.25, -0.2) is 0 Å². The largest absolute Gasteiger partial charge is 0.462 e. The Morgan fingerprint density at radius 2 is 0.487 bits per heavy atom. The fourth-order valence-electron chi connectivity index (χ4n) is 9.97. The van der Waals surface area contributed by atoms with Crippen LogP contribution < -0.4 is 0 Å². The summed E-state index contributed by atoms with van der Waals surface area (Å²) in [4.78, 5) is 38.4. The predicted molar refractivity (Wildman–Crippen MR) is 348 cm³/mol. The first-order chi connectivity index (χ1) is 39.5. The van der Waals surface area contributed by atoms with Crippen LogP contribution in [0.3, 0.4) is 0 Å². The normalized spacial score (nSPS) is 12.6. The maximum Gasteiger partial charge on any atom is 0.306 e. The average Bonchev–Trinajstić information content (AvgIpc) is 3.46. The molecule has 0 aromatic rings. The topological polar surface area (TPSA) is 78.9 Å². The first-order valence-electron chi connectivity index (χ1n) is 34.6. The predicted octanol–water partition coefficient (Wildman–Crippen LogP) is 23.8. The van der Waals surface area contributed by atoms with Crippen LogP contribution >= 0.6 is 0 Å². The van der Waals surface area contributed by atoms with E-state index in [1.165, 1.54) is 212 Å². The second-order valence-electron chi connectivity index (χ2n) is 23.1. The number of carbonyl (C=O) groups is 3. The molecule has 0 fully saturated rings. The van der Waals surface area contributed by atoms with E-state index < -0.39 is 6.10 Å². The molecule has 0 bridgehead atoms. The number of rotatable bonds is 63. The third-order valence-electron chi connectivity index (χ3n) is 15.1. The first kappa shape index (κ1) is 76.6. The molecule has 0 heterocycles. The van der Waals surface area contributed by atoms with E-state index in [2.05, 4.69) is 106 Å². The highest BCUT2D eigenvalue weighted by Crippen LogP contribution is 2.18. The van der Waals surface area contributed by atoms with Gasteiger partial charge >= 0.3 is 17.9 Å². The highest BCUT2D eigenvalue weighted by Gasteiger charge is 2.19. The molecule has 0 aliphatic rings. The van der Waals surface area contributed by atoms with E-state index in [1.54, 1.807) is 0 Å². The molecule has 462 valence electrons. The van der Waals surface area contributed by atoms with Gasteiger partial charge in [-0.2, -0.15) is 0 Å². The molecule has 6 heteroatoms. The third-order valence-corrected chi connectivity index (χ3v) is 15.1. The van der Waals surface area contributed by atoms with Crippen molar-refractivity contribution in [3.8, 4) is 0 Å². The molecule has 0 aliphatic heterocycles. The SMILES string of the molecule is CC/C=C\C/C=C\C/C=C\C/C=C\CCCCC(=O)OCC(COC(=O)CCCCCCCCCCCC/C=C\C/C=C\C/C=C\CCCCCCC)OC(=O)CCCCCCCCCCCCCCCCCCCCCCCC. The van der Waals surface area contributed by atoms with Crippen LogP contribution in [0, 0.1) is 0 Å². The van der Waals surface area contributed by atoms with Crippen LogP contribution in [0.15, 0.2) is 85.1 Å². The van der Waals surface area contributed by atoms with Gasteiger partial charge in [-0.15, -0.1) is 0 Å². The molecule has 0 amide bonds. The third kappa shape index (κ3) is 65.4. The Labute approximate surface area is 496 Å². The molecule has 6 nitrogen and oxygen atoms in total. The maximum absolute atomic E-state index is 13.0. The lowest BCUT2D eigenvalue weighted by atomic mass is 10.0. The molecule has 1 atom stereocenters. The van der Waals surface area contributed by atoms with Crippen LogP contribution in [0.2, 0.25) is 0 Å². The lowest BCUT2D eigenvalue weighted by Gasteiger charge is -2.18. The molecule has 0 N–H and O–H groups in total. The Bertz CT molecular complexity index is 1520. The zero-order chi connectivity index (χ0) is 57.8. The molecular weight excluding hydrogens is 985 g/mol. The van der Waals surface area contributed by atoms with Crippen molar-refractivity contribution >= 4 is 17.9 Å². The molecule has 0 aliphatic carbocycles. The van der Waals surface area contributed by atoms with Crippen LogP contribution in [-0.4, -0.2) is 37.2 Å². The van der Waals surface area contributed by atoms with Crippen molar-refractivity contribution in [1.82, 2.24) is 0 Å². The molecule has 80 heavy (non-hydrogen) atoms. The minimum absolute atomic E-state index is 0.0892. The second kappa shape index (κ2) is 68.1. The Hall–Kier alpha value is -3.41. The van der Waals surface area contributed by atoms with E-state index >= 15 is 0 Å². The summed E-state index contributed by atoms with van der Waals surface area (Å²) < 4.78 is 16.9. The Morgan fingerprint density at radius 1 is 0.263 bits per heavy atom. The minimum atomic E-state index is -0.796. The van der Waals surface area contributed by atoms with E-state index in [9.17, 15) is 14.4 Å². The minimum Gasteiger partial charge on any atom is -0.462 e. The van der Waals surface area contributed by atoms with Gasteiger partial charge in [0, 0.05) is 19.3 Å². The number of hydrogen-bond donors (Lipinski definition) is 0. The van der Waals surface area contributed by atoms with Gasteiger partial charge in [-0.1, -0.05) is 318 Å². The Kier molecular flexibility index (Phi) is 65.2. The van der Waals surface area contributed by atoms with Crippen LogP contribution in [0.25, 0.3) is 0 Å². The number of allylic oxidation sites excluding steroid dienone is 14. The van der Waals surface area contributed by atoms with E-state index in [4.69, 9.17) is 14.2 Å². The summed E-state index contributed by atoms with van der Waals surface area (Å²) in [5, 5.41) is 0. The van der Waals surface area contributed by atoms with Gasteiger partial charge < -0.3 is 14.2 Å². The molecule has 0 rings (SSSR count). The van der Waals surface area contributed by atoms with Gasteiger partial charge in [0.15, 0.2) is 6.10 Å². The van der Waals surface area contributed by atoms with E-state index in [1.807, 2.05) is 0 Å². The highest BCUT2D eigenvalue weighted by molar-refractivity contribution is 5.71. The van der Waals surface area contributed by atoms with E-state index in [-0.39, 0.29) is 31.1 Å². The highest BCUT2D eigenvalue weighted by atomic mass is 16.6. The van der Waals surface area contributed by atoms with Crippen molar-refractivity contribution in [2.24, 2.45) is 0 Å². The molecule has 0 aromatic heterocycles. The summed E-state index contributed by atoms with van der Waals surface area (Å²) in [6, 6.07) is 0. The average molecular weight is 1120 g/mol. The first-order valence-corrected chi connectivity index (χ1v) is 34.6. The van der Waals surface area contributed by atoms with Gasteiger partial charge in [-0.3, -0.25) is 14.4 Å². The monoisotopic (exact) mass is 1110 g/mol. The van der Waals surface area contributed by atoms with Crippen LogP contribution in [0.1, 0.15) is 348 Å². The molecule has 0 aromatic carbocycles. The van der Waals surface area contributed by atoms with Crippen LogP contribution in [0.5, 0.6) is 0 Å². The summed E-state index contributed by atoms with van der Waals surface area (Å²) in [5.41, 5.74) is 0. The van der Waals surface area contributed by atoms with Gasteiger partial charge in [0.2, 0.25) is 0 Å². The summed E-state index contributed by atoms with van der Waals surface area (Å²) in [5.74, 6) is -0.918. The lowest BCUT2D eigenvalue weighted by Crippen LogP contribution is -2.30. The molecule has 0 spiro atoms. The second-order valence-corrected chi connectivity index (χ2v) is 23.1. The molecule has 0 saturated heterocycles. The zero-order valence-electron chi connectivity index (χ0n) is 53.1. The fraction of sp³-hybridized carbons (Fsp3) is 0.770. The molecule has 1 unspecified atom stereocenters. The van der Waals surface area contributed by atoms with E-state index in [0.717, 1.165) is 96.3 Å². The standard InChI is InChI=1S/C74H130O6/c1-4-7-10-13-16-19-22-25-28-30-32-34-36-37-38-40-41-43-46-49-52-55-58-61-64-67-73(76)79-70-71(69-78-72(75)66-63-60-57-54-51-48-45-27-24-21-18-15-12-9-6-3)80-74(77)68-65-62-59-56-53-50-47-44-42-39-35-33-31-29-26-23-20-17-14-11-8-5-2/h9,12,18,21-22,25,27,30,32,36-37,45,51,54,71H,4-8,10-11,13-17,19-20,23-24,26,28-29,31,33-35,38-44,46-50,52-53,55-70H2,1-3H3/b12-9-,21-18-,25-22-,32-30-,37-36-,45-27-,54-51-. The van der Waals surface area contributed by atoms with Gasteiger partial charge in [0.05, 0.1) is 0 Å². The summed E-state index contributed by atoms with van der Waals surface area (Å²) in [6.45, 7) is 6.53. The summed E-state index contributed by atoms with van der Waals surface area (Å²) in [7, 11) is 0. The van der Waals surface area contributed by atoms with Crippen molar-refractivity contribution in [3.63, 3.8) is 0 Å². The van der Waals surface area contributed by atoms with Crippen molar-refractivity contribution in [1.29, 1.82) is 0 Å². The van der Waals surface area contributed by atoms with Crippen molar-refractivity contribution in [2.45, 2.75) is 354 Å². The van der Waals surface area contributed by atoms with E-state index in [0.29, 0.717) is 19.3 Å². The number of esters is 3. The van der Waals surface area contributed by atoms with Crippen molar-refractivity contribution < 1.29 is 28.6 Å². The number of unbranched alkanes of at least 4 members (excludes halogenated alkanes) is 38.